The maximum atomic E-state index is 13.7. The van der Waals surface area contributed by atoms with Crippen LogP contribution in [0.2, 0.25) is 0 Å². The Morgan fingerprint density at radius 3 is 2.02 bits per heavy atom. The second-order valence-electron chi connectivity index (χ2n) is 10.5. The summed E-state index contributed by atoms with van der Waals surface area (Å²) in [5.41, 5.74) is -3.74. The van der Waals surface area contributed by atoms with Gasteiger partial charge in [-0.05, 0) is 65.6 Å². The number of pyridine rings is 2. The fourth-order valence-corrected chi connectivity index (χ4v) is 4.90. The van der Waals surface area contributed by atoms with Crippen LogP contribution in [0.5, 0.6) is 5.88 Å². The van der Waals surface area contributed by atoms with Gasteiger partial charge in [-0.1, -0.05) is 12.1 Å². The minimum Gasteiger partial charge on any atom is -0.481 e. The van der Waals surface area contributed by atoms with Gasteiger partial charge in [0.15, 0.2) is 0 Å². The number of carbonyl (C=O) groups excluding carboxylic acids is 1. The lowest BCUT2D eigenvalue weighted by Crippen LogP contribution is -2.15. The van der Waals surface area contributed by atoms with Crippen LogP contribution in [-0.4, -0.2) is 34.2 Å². The number of nitrogens with zero attached hydrogens (tertiary/aromatic N) is 2. The summed E-state index contributed by atoms with van der Waals surface area (Å²) in [6.45, 7) is 1.73. The van der Waals surface area contributed by atoms with Crippen molar-refractivity contribution in [1.82, 2.24) is 9.97 Å². The third-order valence-electron chi connectivity index (χ3n) is 7.15. The molecule has 6 nitrogen and oxygen atoms in total. The third-order valence-corrected chi connectivity index (χ3v) is 7.15. The number of aryl methyl sites for hydroxylation is 1. The van der Waals surface area contributed by atoms with Gasteiger partial charge in [0.2, 0.25) is 5.88 Å². The van der Waals surface area contributed by atoms with Gasteiger partial charge in [-0.25, -0.2) is 4.98 Å². The van der Waals surface area contributed by atoms with E-state index in [1.165, 1.54) is 13.3 Å². The zero-order chi connectivity index (χ0) is 34.9. The number of halogens is 9. The molecule has 0 saturated carbocycles. The topological polar surface area (TPSA) is 96.2 Å². The third kappa shape index (κ3) is 8.14. The first-order valence-electron chi connectivity index (χ1n) is 13.5. The summed E-state index contributed by atoms with van der Waals surface area (Å²) in [4.78, 5) is 18.9. The number of methoxy groups -OCH3 is 1. The molecule has 2 aromatic heterocycles. The van der Waals surface area contributed by atoms with Crippen LogP contribution in [0.1, 0.15) is 56.4 Å². The number of aliphatic hydroxyl groups excluding tert-OH is 1. The molecule has 2 heterocycles. The SMILES string of the molecule is COc1ncc(-c2ccc(C=O)cc2C)cc1-c1cnc(C(F)(F)F)cc1CC(=N)CC(O)c1cc(C(F)(F)F)cc(C(F)(F)F)c1. The van der Waals surface area contributed by atoms with Crippen molar-refractivity contribution in [3.63, 3.8) is 0 Å². The molecule has 1 unspecified atom stereocenters. The van der Waals surface area contributed by atoms with Gasteiger partial charge in [-0.15, -0.1) is 0 Å². The Kier molecular flexibility index (Phi) is 9.80. The average Bonchev–Trinajstić information content (AvgIpc) is 2.99. The maximum absolute atomic E-state index is 13.7. The number of aliphatic hydroxyl groups is 1. The number of benzene rings is 2. The average molecular weight is 670 g/mol. The second-order valence-corrected chi connectivity index (χ2v) is 10.5. The highest BCUT2D eigenvalue weighted by atomic mass is 19.4. The summed E-state index contributed by atoms with van der Waals surface area (Å²) in [7, 11) is 1.26. The van der Waals surface area contributed by atoms with E-state index in [0.717, 1.165) is 6.20 Å². The van der Waals surface area contributed by atoms with Crippen LogP contribution in [0.25, 0.3) is 22.3 Å². The van der Waals surface area contributed by atoms with Crippen molar-refractivity contribution in [3.8, 4) is 28.1 Å². The number of rotatable bonds is 9. The molecule has 0 aliphatic carbocycles. The lowest BCUT2D eigenvalue weighted by molar-refractivity contribution is -0.143. The van der Waals surface area contributed by atoms with Crippen molar-refractivity contribution < 1.29 is 54.2 Å². The molecule has 2 aromatic carbocycles. The van der Waals surface area contributed by atoms with Crippen molar-refractivity contribution >= 4 is 12.0 Å². The van der Waals surface area contributed by atoms with E-state index in [1.807, 2.05) is 0 Å². The highest BCUT2D eigenvalue weighted by molar-refractivity contribution is 5.88. The van der Waals surface area contributed by atoms with E-state index >= 15 is 0 Å². The Hall–Kier alpha value is -4.79. The van der Waals surface area contributed by atoms with Crippen LogP contribution in [0.15, 0.2) is 60.9 Å². The zero-order valence-corrected chi connectivity index (χ0v) is 24.4. The number of carbonyl (C=O) groups is 1. The van der Waals surface area contributed by atoms with Gasteiger partial charge < -0.3 is 15.3 Å². The molecule has 15 heteroatoms. The number of aromatic nitrogens is 2. The zero-order valence-electron chi connectivity index (χ0n) is 24.4. The smallest absolute Gasteiger partial charge is 0.433 e. The van der Waals surface area contributed by atoms with Gasteiger partial charge in [0.05, 0.1) is 24.3 Å². The Bertz CT molecular complexity index is 1780. The molecule has 0 aliphatic heterocycles. The number of hydrogen-bond acceptors (Lipinski definition) is 6. The number of nitrogens with one attached hydrogen (secondary N) is 1. The van der Waals surface area contributed by atoms with Gasteiger partial charge in [-0.3, -0.25) is 9.78 Å². The predicted octanol–water partition coefficient (Wildman–Crippen LogP) is 8.68. The monoisotopic (exact) mass is 669 g/mol. The molecular formula is C32H24F9N3O3. The molecular weight excluding hydrogens is 645 g/mol. The van der Waals surface area contributed by atoms with E-state index in [1.54, 1.807) is 31.2 Å². The molecule has 1 atom stereocenters. The highest BCUT2D eigenvalue weighted by Crippen LogP contribution is 2.40. The van der Waals surface area contributed by atoms with Gasteiger partial charge in [-0.2, -0.15) is 39.5 Å². The molecule has 0 spiro atoms. The van der Waals surface area contributed by atoms with Gasteiger partial charge in [0, 0.05) is 53.2 Å². The first-order valence-corrected chi connectivity index (χ1v) is 13.5. The quantitative estimate of drug-likeness (QED) is 0.106. The molecule has 0 saturated heterocycles. The Morgan fingerprint density at radius 1 is 0.851 bits per heavy atom. The predicted molar refractivity (Wildman–Crippen MR) is 152 cm³/mol. The lowest BCUT2D eigenvalue weighted by atomic mass is 9.92. The molecule has 4 aromatic rings. The standard InChI is InChI=1S/C32H24F9N3O3/c1-16-5-17(15-45)3-4-24(16)20-9-25(29(47-2)44-13-20)26-14-43-28(32(39,40)41)10-18(26)8-23(42)12-27(46)19-6-21(30(33,34)35)11-22(7-19)31(36,37)38/h3-7,9-11,13-15,27,42,46H,8,12H2,1-2H3. The van der Waals surface area contributed by atoms with Gasteiger partial charge in [0.25, 0.3) is 0 Å². The molecule has 2 N–H and O–H groups in total. The first kappa shape index (κ1) is 35.1. The number of alkyl halides is 9. The van der Waals surface area contributed by atoms with Crippen LogP contribution in [0, 0.1) is 12.3 Å². The maximum Gasteiger partial charge on any atom is 0.433 e. The Morgan fingerprint density at radius 2 is 1.49 bits per heavy atom. The van der Waals surface area contributed by atoms with E-state index in [-0.39, 0.29) is 28.6 Å². The Balaban J connectivity index is 1.75. The van der Waals surface area contributed by atoms with Crippen molar-refractivity contribution in [3.05, 3.63) is 100.0 Å². The largest absolute Gasteiger partial charge is 0.481 e. The van der Waals surface area contributed by atoms with Crippen LogP contribution < -0.4 is 4.74 Å². The number of ether oxygens (including phenoxy) is 1. The van der Waals surface area contributed by atoms with Crippen LogP contribution >= 0.6 is 0 Å². The van der Waals surface area contributed by atoms with Crippen molar-refractivity contribution in [2.24, 2.45) is 0 Å². The van der Waals surface area contributed by atoms with Crippen molar-refractivity contribution in [2.75, 3.05) is 7.11 Å². The molecule has 0 amide bonds. The van der Waals surface area contributed by atoms with Crippen LogP contribution in [-0.2, 0) is 24.9 Å². The van der Waals surface area contributed by atoms with Crippen molar-refractivity contribution in [2.45, 2.75) is 44.4 Å². The minimum absolute atomic E-state index is 0.0315. The molecule has 248 valence electrons. The number of aldehydes is 1. The molecule has 0 fully saturated rings. The molecule has 4 rings (SSSR count). The summed E-state index contributed by atoms with van der Waals surface area (Å²) < 4.78 is 126. The summed E-state index contributed by atoms with van der Waals surface area (Å²) >= 11 is 0. The van der Waals surface area contributed by atoms with Crippen LogP contribution in [0.4, 0.5) is 39.5 Å². The Labute approximate surface area is 261 Å². The van der Waals surface area contributed by atoms with E-state index in [9.17, 15) is 49.4 Å². The van der Waals surface area contributed by atoms with Crippen molar-refractivity contribution in [1.29, 1.82) is 5.41 Å². The lowest BCUT2D eigenvalue weighted by Gasteiger charge is -2.19. The summed E-state index contributed by atoms with van der Waals surface area (Å²) in [6, 6.07) is 7.54. The first-order chi connectivity index (χ1) is 21.8. The van der Waals surface area contributed by atoms with E-state index < -0.39 is 65.6 Å². The van der Waals surface area contributed by atoms with E-state index in [4.69, 9.17) is 10.1 Å². The molecule has 0 radical (unpaired) electrons. The molecule has 0 aliphatic rings. The fourth-order valence-electron chi connectivity index (χ4n) is 4.90. The minimum atomic E-state index is -5.18. The summed E-state index contributed by atoms with van der Waals surface area (Å²) in [5.74, 6) is -0.0334. The second kappa shape index (κ2) is 13.1. The fraction of sp³-hybridized carbons (Fsp3) is 0.250. The molecule has 0 bridgehead atoms. The summed E-state index contributed by atoms with van der Waals surface area (Å²) in [5, 5.41) is 19.0. The van der Waals surface area contributed by atoms with Crippen LogP contribution in [0.3, 0.4) is 0 Å². The highest BCUT2D eigenvalue weighted by Gasteiger charge is 2.38. The molecule has 47 heavy (non-hydrogen) atoms. The van der Waals surface area contributed by atoms with Gasteiger partial charge in [0.1, 0.15) is 12.0 Å². The van der Waals surface area contributed by atoms with E-state index in [0.29, 0.717) is 46.7 Å². The number of hydrogen-bond donors (Lipinski definition) is 2. The van der Waals surface area contributed by atoms with Gasteiger partial charge >= 0.3 is 18.5 Å². The normalized spacial score (nSPS) is 12.9. The van der Waals surface area contributed by atoms with E-state index in [2.05, 4.69) is 9.97 Å². The summed E-state index contributed by atoms with van der Waals surface area (Å²) in [6.07, 6.45) is -15.7.